The maximum absolute atomic E-state index is 12.8. The highest BCUT2D eigenvalue weighted by Crippen LogP contribution is 2.27. The Morgan fingerprint density at radius 1 is 1.19 bits per heavy atom. The second-order valence-corrected chi connectivity index (χ2v) is 7.95. The van der Waals surface area contributed by atoms with Crippen LogP contribution in [0.5, 0.6) is 11.5 Å². The Morgan fingerprint density at radius 2 is 1.97 bits per heavy atom. The van der Waals surface area contributed by atoms with Gasteiger partial charge in [-0.05, 0) is 44.2 Å². The number of aryl methyl sites for hydroxylation is 1. The van der Waals surface area contributed by atoms with Crippen molar-refractivity contribution in [1.29, 1.82) is 0 Å². The number of carbonyl (C=O) groups is 2. The van der Waals surface area contributed by atoms with Gasteiger partial charge in [0, 0.05) is 22.8 Å². The van der Waals surface area contributed by atoms with Gasteiger partial charge in [0.05, 0.1) is 26.5 Å². The van der Waals surface area contributed by atoms with Gasteiger partial charge in [0.15, 0.2) is 16.3 Å². The molecule has 0 saturated carbocycles. The summed E-state index contributed by atoms with van der Waals surface area (Å²) in [7, 11) is 3.03. The van der Waals surface area contributed by atoms with Crippen LogP contribution in [0.15, 0.2) is 53.8 Å². The molecule has 0 aliphatic heterocycles. The Morgan fingerprint density at radius 3 is 2.65 bits per heavy atom. The van der Waals surface area contributed by atoms with Gasteiger partial charge in [-0.3, -0.25) is 14.6 Å². The van der Waals surface area contributed by atoms with Crippen LogP contribution < -0.4 is 19.6 Å². The number of methoxy groups -OCH3 is 2. The van der Waals surface area contributed by atoms with E-state index in [0.29, 0.717) is 28.4 Å². The molecule has 3 aromatic rings. The van der Waals surface area contributed by atoms with Gasteiger partial charge < -0.3 is 19.4 Å². The number of pyridine rings is 1. The molecule has 0 radical (unpaired) electrons. The van der Waals surface area contributed by atoms with Crippen LogP contribution in [0.4, 0.5) is 0 Å². The van der Waals surface area contributed by atoms with Crippen LogP contribution in [0.1, 0.15) is 33.9 Å². The summed E-state index contributed by atoms with van der Waals surface area (Å²) in [6.07, 6.45) is 3.50. The van der Waals surface area contributed by atoms with Crippen LogP contribution in [0, 0.1) is 6.92 Å². The van der Waals surface area contributed by atoms with E-state index in [1.807, 2.05) is 31.3 Å². The third-order valence-corrected chi connectivity index (χ3v) is 5.50. The fourth-order valence-corrected chi connectivity index (χ4v) is 3.81. The average Bonchev–Trinajstić information content (AvgIpc) is 3.16. The number of nitrogens with one attached hydrogen (secondary N) is 1. The number of nitrogens with zero attached hydrogens (tertiary/aromatic N) is 3. The van der Waals surface area contributed by atoms with E-state index in [2.05, 4.69) is 15.3 Å². The molecule has 8 nitrogen and oxygen atoms in total. The smallest absolute Gasteiger partial charge is 0.279 e. The van der Waals surface area contributed by atoms with Gasteiger partial charge in [0.25, 0.3) is 5.91 Å². The Hall–Kier alpha value is -3.46. The van der Waals surface area contributed by atoms with Crippen LogP contribution in [-0.4, -0.2) is 35.6 Å². The minimum absolute atomic E-state index is 0.191. The van der Waals surface area contributed by atoms with Crippen molar-refractivity contribution < 1.29 is 19.1 Å². The fraction of sp³-hybridized carbons (Fsp3) is 0.273. The summed E-state index contributed by atoms with van der Waals surface area (Å²) < 4.78 is 12.2. The maximum Gasteiger partial charge on any atom is 0.279 e. The van der Waals surface area contributed by atoms with E-state index in [9.17, 15) is 9.59 Å². The van der Waals surface area contributed by atoms with Crippen LogP contribution in [-0.2, 0) is 11.3 Å². The Balaban J connectivity index is 1.82. The predicted molar refractivity (Wildman–Crippen MR) is 117 cm³/mol. The van der Waals surface area contributed by atoms with Crippen molar-refractivity contribution in [3.63, 3.8) is 0 Å². The summed E-state index contributed by atoms with van der Waals surface area (Å²) in [5, 5.41) is 2.87. The van der Waals surface area contributed by atoms with E-state index < -0.39 is 11.9 Å². The number of thiazole rings is 1. The first kappa shape index (κ1) is 22.2. The number of hydrogen-bond donors (Lipinski definition) is 1. The molecular weight excluding hydrogens is 416 g/mol. The summed E-state index contributed by atoms with van der Waals surface area (Å²) >= 11 is 1.34. The van der Waals surface area contributed by atoms with Gasteiger partial charge in [-0.1, -0.05) is 6.07 Å². The van der Waals surface area contributed by atoms with E-state index in [1.54, 1.807) is 35.9 Å². The van der Waals surface area contributed by atoms with Gasteiger partial charge in [-0.15, -0.1) is 11.3 Å². The molecule has 1 unspecified atom stereocenters. The molecule has 2 amide bonds. The third kappa shape index (κ3) is 5.37. The van der Waals surface area contributed by atoms with Crippen molar-refractivity contribution in [3.8, 4) is 11.5 Å². The lowest BCUT2D eigenvalue weighted by Crippen LogP contribution is -2.34. The number of amides is 2. The molecule has 1 atom stereocenters. The monoisotopic (exact) mass is 440 g/mol. The standard InChI is InChI=1S/C22H24N4O4S/c1-14-13-26(15(2)20(27)24-12-17-7-5-6-10-23-17)22(31-14)25-21(28)16-8-9-18(29-3)19(11-16)30-4/h5-11,13,15H,12H2,1-4H3,(H,24,27). The zero-order chi connectivity index (χ0) is 22.4. The number of rotatable bonds is 7. The number of benzene rings is 1. The van der Waals surface area contributed by atoms with Crippen molar-refractivity contribution >= 4 is 23.2 Å². The Bertz CT molecular complexity index is 1140. The van der Waals surface area contributed by atoms with E-state index >= 15 is 0 Å². The molecule has 9 heteroatoms. The Labute approximate surface area is 184 Å². The van der Waals surface area contributed by atoms with Crippen LogP contribution in [0.2, 0.25) is 0 Å². The molecule has 0 aliphatic rings. The lowest BCUT2D eigenvalue weighted by atomic mass is 10.2. The topological polar surface area (TPSA) is 94.8 Å². The van der Waals surface area contributed by atoms with Crippen LogP contribution >= 0.6 is 11.3 Å². The molecule has 0 saturated heterocycles. The summed E-state index contributed by atoms with van der Waals surface area (Å²) in [6.45, 7) is 3.99. The first-order chi connectivity index (χ1) is 14.9. The third-order valence-electron chi connectivity index (χ3n) is 4.59. The molecule has 0 bridgehead atoms. The van der Waals surface area contributed by atoms with E-state index in [0.717, 1.165) is 10.6 Å². The minimum atomic E-state index is -0.550. The molecule has 2 aromatic heterocycles. The minimum Gasteiger partial charge on any atom is -0.493 e. The van der Waals surface area contributed by atoms with Gasteiger partial charge in [0.1, 0.15) is 6.04 Å². The van der Waals surface area contributed by atoms with E-state index in [-0.39, 0.29) is 5.91 Å². The van der Waals surface area contributed by atoms with E-state index in [1.165, 1.54) is 25.6 Å². The number of carbonyl (C=O) groups excluding carboxylic acids is 2. The lowest BCUT2D eigenvalue weighted by Gasteiger charge is -2.13. The van der Waals surface area contributed by atoms with Gasteiger partial charge >= 0.3 is 0 Å². The highest BCUT2D eigenvalue weighted by molar-refractivity contribution is 7.09. The molecule has 0 spiro atoms. The first-order valence-corrected chi connectivity index (χ1v) is 10.4. The highest BCUT2D eigenvalue weighted by atomic mass is 32.1. The van der Waals surface area contributed by atoms with Gasteiger partial charge in [-0.2, -0.15) is 4.99 Å². The average molecular weight is 441 g/mol. The molecule has 1 N–H and O–H groups in total. The van der Waals surface area contributed by atoms with Gasteiger partial charge in [-0.25, -0.2) is 0 Å². The molecule has 2 heterocycles. The second kappa shape index (κ2) is 10.0. The second-order valence-electron chi connectivity index (χ2n) is 6.73. The molecular formula is C22H24N4O4S. The highest BCUT2D eigenvalue weighted by Gasteiger charge is 2.18. The summed E-state index contributed by atoms with van der Waals surface area (Å²) in [6, 6.07) is 9.84. The quantitative estimate of drug-likeness (QED) is 0.610. The van der Waals surface area contributed by atoms with Crippen LogP contribution in [0.25, 0.3) is 0 Å². The van der Waals surface area contributed by atoms with Gasteiger partial charge in [0.2, 0.25) is 5.91 Å². The molecule has 3 rings (SSSR count). The fourth-order valence-electron chi connectivity index (χ4n) is 2.91. The zero-order valence-electron chi connectivity index (χ0n) is 17.8. The summed E-state index contributed by atoms with van der Waals surface area (Å²) in [4.78, 5) is 35.3. The van der Waals surface area contributed by atoms with Crippen molar-refractivity contribution in [3.05, 3.63) is 69.7 Å². The number of ether oxygens (including phenoxy) is 2. The predicted octanol–water partition coefficient (Wildman–Crippen LogP) is 2.89. The first-order valence-electron chi connectivity index (χ1n) is 9.60. The summed E-state index contributed by atoms with van der Waals surface area (Å²) in [5.74, 6) is 0.349. The van der Waals surface area contributed by atoms with Crippen LogP contribution in [0.3, 0.4) is 0 Å². The lowest BCUT2D eigenvalue weighted by molar-refractivity contribution is -0.124. The Kier molecular flexibility index (Phi) is 7.19. The molecule has 31 heavy (non-hydrogen) atoms. The maximum atomic E-state index is 12.8. The SMILES string of the molecule is COc1ccc(C(=O)N=c2sc(C)cn2C(C)C(=O)NCc2ccccn2)cc1OC. The molecule has 162 valence electrons. The van der Waals surface area contributed by atoms with Crippen molar-refractivity contribution in [2.24, 2.45) is 4.99 Å². The van der Waals surface area contributed by atoms with Crippen molar-refractivity contribution in [2.75, 3.05) is 14.2 Å². The number of aromatic nitrogens is 2. The van der Waals surface area contributed by atoms with Crippen molar-refractivity contribution in [2.45, 2.75) is 26.4 Å². The number of hydrogen-bond acceptors (Lipinski definition) is 6. The molecule has 0 aliphatic carbocycles. The molecule has 1 aromatic carbocycles. The largest absolute Gasteiger partial charge is 0.493 e. The molecule has 0 fully saturated rings. The zero-order valence-corrected chi connectivity index (χ0v) is 18.6. The van der Waals surface area contributed by atoms with E-state index in [4.69, 9.17) is 9.47 Å². The summed E-state index contributed by atoms with van der Waals surface area (Å²) in [5.41, 5.74) is 1.13. The normalized spacial score (nSPS) is 12.3. The van der Waals surface area contributed by atoms with Crippen molar-refractivity contribution in [1.82, 2.24) is 14.9 Å².